The maximum atomic E-state index is 15.6. The lowest BCUT2D eigenvalue weighted by atomic mass is 9.62. The summed E-state index contributed by atoms with van der Waals surface area (Å²) in [6.07, 6.45) is -21.8. The standard InChI is InChI=1S/C53H68O24/c1-18-29(73-34-14-30(43(58)21(4)69-34)74-33-13-28(55)42(57)20(3)68-33)12-26-10-25-11-27-48(67-9)47(62)38(19(2)54)50(64)53(27,51(65)40(25)46(61)39(26)41(18)56)77-36-16-32(45(60)23(6)71-36)75-35-15-31(44(59)22(5)70-35)76-37-17-52(8,66)49(63)24(7)72-37/h10,12,20-24,27-28,30-37,42-44,48,55-59,61,64,66H,11,13-17H2,1-9H3. The van der Waals surface area contributed by atoms with E-state index >= 15 is 4.79 Å². The van der Waals surface area contributed by atoms with Crippen LogP contribution in [0.1, 0.15) is 102 Å². The third-order valence-electron chi connectivity index (χ3n) is 16.1. The van der Waals surface area contributed by atoms with Crippen molar-refractivity contribution in [1.29, 1.82) is 0 Å². The van der Waals surface area contributed by atoms with Gasteiger partial charge in [-0.15, -0.1) is 0 Å². The molecule has 21 unspecified atom stereocenters. The molecule has 24 nitrogen and oxygen atoms in total. The lowest BCUT2D eigenvalue weighted by Gasteiger charge is -2.49. The van der Waals surface area contributed by atoms with E-state index in [1.807, 2.05) is 0 Å². The molecule has 0 aromatic heterocycles. The van der Waals surface area contributed by atoms with Crippen molar-refractivity contribution >= 4 is 39.7 Å². The van der Waals surface area contributed by atoms with Gasteiger partial charge in [0.25, 0.3) is 0 Å². The number of Topliss-reactive ketones (excluding diaryl/α,β-unsaturated/α-hetero) is 5. The van der Waals surface area contributed by atoms with Crippen LogP contribution in [0.25, 0.3) is 10.8 Å². The summed E-state index contributed by atoms with van der Waals surface area (Å²) in [7, 11) is 1.17. The molecule has 0 amide bonds. The Morgan fingerprint density at radius 2 is 1.30 bits per heavy atom. The maximum absolute atomic E-state index is 15.6. The number of aliphatic hydroxyl groups is 6. The molecule has 7 aliphatic rings. The molecule has 77 heavy (non-hydrogen) atoms. The van der Waals surface area contributed by atoms with Crippen molar-refractivity contribution in [2.75, 3.05) is 7.11 Å². The van der Waals surface area contributed by atoms with E-state index in [9.17, 15) is 60.0 Å². The molecule has 2 aliphatic carbocycles. The Morgan fingerprint density at radius 1 is 0.714 bits per heavy atom. The Kier molecular flexibility index (Phi) is 15.9. The van der Waals surface area contributed by atoms with Gasteiger partial charge >= 0.3 is 0 Å². The first kappa shape index (κ1) is 57.1. The fraction of sp³-hybridized carbons (Fsp3) is 0.679. The third-order valence-corrected chi connectivity index (χ3v) is 16.1. The average molecular weight is 1090 g/mol. The van der Waals surface area contributed by atoms with Gasteiger partial charge in [-0.3, -0.25) is 24.0 Å². The fourth-order valence-corrected chi connectivity index (χ4v) is 11.8. The molecule has 0 radical (unpaired) electrons. The summed E-state index contributed by atoms with van der Waals surface area (Å²) in [6.45, 7) is 11.4. The van der Waals surface area contributed by atoms with Crippen LogP contribution < -0.4 is 4.74 Å². The van der Waals surface area contributed by atoms with E-state index in [4.69, 9.17) is 52.1 Å². The smallest absolute Gasteiger partial charge is 0.207 e. The number of benzene rings is 2. The molecule has 0 spiro atoms. The van der Waals surface area contributed by atoms with Gasteiger partial charge in [0.1, 0.15) is 76.9 Å². The lowest BCUT2D eigenvalue weighted by Crippen LogP contribution is -2.65. The van der Waals surface area contributed by atoms with Crippen molar-refractivity contribution in [2.45, 2.75) is 216 Å². The Balaban J connectivity index is 1.01. The molecule has 5 saturated heterocycles. The van der Waals surface area contributed by atoms with Crippen LogP contribution in [-0.4, -0.2) is 199 Å². The Hall–Kier alpha value is -4.61. The summed E-state index contributed by atoms with van der Waals surface area (Å²) >= 11 is 0. The molecule has 5 heterocycles. The quantitative estimate of drug-likeness (QED) is 0.138. The molecule has 2 aromatic carbocycles. The molecular formula is C53H68O24. The van der Waals surface area contributed by atoms with Crippen LogP contribution >= 0.6 is 0 Å². The van der Waals surface area contributed by atoms with Crippen LogP contribution in [0.15, 0.2) is 23.5 Å². The van der Waals surface area contributed by atoms with E-state index < -0.39 is 192 Å². The number of methoxy groups -OCH3 is 1. The summed E-state index contributed by atoms with van der Waals surface area (Å²) in [5, 5.41) is 89.6. The average Bonchev–Trinajstić information content (AvgIpc) is 3.44. The van der Waals surface area contributed by atoms with Gasteiger partial charge in [0, 0.05) is 50.7 Å². The summed E-state index contributed by atoms with van der Waals surface area (Å²) in [4.78, 5) is 69.2. The molecular weight excluding hydrogens is 1020 g/mol. The van der Waals surface area contributed by atoms with Crippen LogP contribution in [0.4, 0.5) is 0 Å². The molecule has 9 rings (SSSR count). The van der Waals surface area contributed by atoms with Crippen molar-refractivity contribution in [3.8, 4) is 17.2 Å². The number of carbonyl (C=O) groups excluding carboxylic acids is 5. The number of rotatable bonds is 12. The topological polar surface area (TPSA) is 349 Å². The highest BCUT2D eigenvalue weighted by Crippen LogP contribution is 2.53. The number of ketones is 5. The second-order valence-corrected chi connectivity index (χ2v) is 21.5. The highest BCUT2D eigenvalue weighted by molar-refractivity contribution is 6.25. The van der Waals surface area contributed by atoms with Crippen molar-refractivity contribution in [3.63, 3.8) is 0 Å². The molecule has 8 N–H and O–H groups in total. The zero-order valence-electron chi connectivity index (χ0n) is 44.0. The summed E-state index contributed by atoms with van der Waals surface area (Å²) in [6, 6.07) is 2.95. The number of carbonyl (C=O) groups is 5. The molecule has 21 atom stereocenters. The Labute approximate surface area is 441 Å². The van der Waals surface area contributed by atoms with Gasteiger partial charge in [-0.1, -0.05) is 0 Å². The van der Waals surface area contributed by atoms with E-state index in [0.717, 1.165) is 6.92 Å². The van der Waals surface area contributed by atoms with Crippen LogP contribution in [0.3, 0.4) is 0 Å². The van der Waals surface area contributed by atoms with E-state index in [-0.39, 0.29) is 59.8 Å². The highest BCUT2D eigenvalue weighted by atomic mass is 16.7. The fourth-order valence-electron chi connectivity index (χ4n) is 11.8. The second-order valence-electron chi connectivity index (χ2n) is 21.5. The molecule has 0 saturated carbocycles. The number of fused-ring (bicyclic) bond motifs is 3. The van der Waals surface area contributed by atoms with Crippen LogP contribution in [0, 0.1) is 12.8 Å². The van der Waals surface area contributed by atoms with Gasteiger partial charge in [0.2, 0.25) is 12.1 Å². The number of phenols is 2. The van der Waals surface area contributed by atoms with Crippen LogP contribution in [-0.2, 0) is 73.0 Å². The van der Waals surface area contributed by atoms with Gasteiger partial charge in [-0.25, -0.2) is 0 Å². The molecule has 424 valence electrons. The van der Waals surface area contributed by atoms with Crippen molar-refractivity contribution < 1.29 is 117 Å². The van der Waals surface area contributed by atoms with Crippen molar-refractivity contribution in [2.24, 2.45) is 5.92 Å². The first-order valence-corrected chi connectivity index (χ1v) is 25.9. The lowest BCUT2D eigenvalue weighted by molar-refractivity contribution is -0.309. The largest absolute Gasteiger partial charge is 0.508 e. The Morgan fingerprint density at radius 3 is 1.91 bits per heavy atom. The van der Waals surface area contributed by atoms with Gasteiger partial charge in [-0.05, 0) is 84.9 Å². The second kappa shape index (κ2) is 21.5. The number of aliphatic hydroxyl groups excluding tert-OH is 5. The monoisotopic (exact) mass is 1090 g/mol. The number of aromatic hydroxyl groups is 2. The summed E-state index contributed by atoms with van der Waals surface area (Å²) in [5.41, 5.74) is -5.55. The number of hydrogen-bond acceptors (Lipinski definition) is 24. The van der Waals surface area contributed by atoms with E-state index in [0.29, 0.717) is 0 Å². The Bertz CT molecular complexity index is 2690. The van der Waals surface area contributed by atoms with E-state index in [2.05, 4.69) is 0 Å². The number of phenolic OH excluding ortho intramolecular Hbond substituents is 2. The summed E-state index contributed by atoms with van der Waals surface area (Å²) < 4.78 is 66.3. The zero-order valence-corrected chi connectivity index (χ0v) is 44.0. The predicted molar refractivity (Wildman–Crippen MR) is 258 cm³/mol. The number of hydrogen-bond donors (Lipinski definition) is 8. The summed E-state index contributed by atoms with van der Waals surface area (Å²) in [5.74, 6) is -7.95. The minimum absolute atomic E-state index is 0.0557. The van der Waals surface area contributed by atoms with Gasteiger partial charge < -0.3 is 93.0 Å². The molecule has 2 aromatic rings. The SMILES string of the molecule is COC1C(=O)C(C(C)=O)=C(O)C2(OC3CC(OC4CC(OC5CC(C)(O)C(=O)C(C)O5)C(O)C(C)O4)C(=O)C(C)O3)C(=O)c3c(cc4cc(OC5CC(OC6CC(O)C(O)C(C)O6)C(O)C(C)O5)c(C)c(O)c4c3O)CC12. The number of ether oxygens (including phenoxy) is 11. The minimum atomic E-state index is -2.72. The first-order valence-electron chi connectivity index (χ1n) is 25.9. The van der Waals surface area contributed by atoms with Gasteiger partial charge in [0.05, 0.1) is 47.6 Å². The minimum Gasteiger partial charge on any atom is -0.508 e. The first-order chi connectivity index (χ1) is 36.2. The predicted octanol–water partition coefficient (Wildman–Crippen LogP) is 1.21. The van der Waals surface area contributed by atoms with Crippen molar-refractivity contribution in [3.05, 3.63) is 40.2 Å². The van der Waals surface area contributed by atoms with Crippen LogP contribution in [0.2, 0.25) is 0 Å². The van der Waals surface area contributed by atoms with Gasteiger partial charge in [0.15, 0.2) is 53.9 Å². The van der Waals surface area contributed by atoms with Gasteiger partial charge in [-0.2, -0.15) is 0 Å². The molecule has 24 heteroatoms. The van der Waals surface area contributed by atoms with Crippen LogP contribution in [0.5, 0.6) is 17.2 Å². The normalized spacial score (nSPS) is 41.8. The zero-order chi connectivity index (χ0) is 56.1. The highest BCUT2D eigenvalue weighted by Gasteiger charge is 2.65. The molecule has 5 aliphatic heterocycles. The van der Waals surface area contributed by atoms with E-state index in [1.54, 1.807) is 20.8 Å². The third kappa shape index (κ3) is 10.2. The molecule has 5 fully saturated rings. The molecule has 0 bridgehead atoms. The van der Waals surface area contributed by atoms with E-state index in [1.165, 1.54) is 46.9 Å². The van der Waals surface area contributed by atoms with Crippen molar-refractivity contribution in [1.82, 2.24) is 0 Å². The maximum Gasteiger partial charge on any atom is 0.207 e.